The van der Waals surface area contributed by atoms with Crippen LogP contribution in [-0.4, -0.2) is 26.8 Å². The molecular weight excluding hydrogens is 380 g/mol. The fourth-order valence-electron chi connectivity index (χ4n) is 2.83. The third-order valence-electron chi connectivity index (χ3n) is 4.14. The van der Waals surface area contributed by atoms with E-state index in [1.807, 2.05) is 0 Å². The molecule has 0 saturated heterocycles. The number of nitro groups is 1. The summed E-state index contributed by atoms with van der Waals surface area (Å²) in [6.45, 7) is 0. The molecule has 0 bridgehead atoms. The Balaban J connectivity index is 1.53. The lowest BCUT2D eigenvalue weighted by Crippen LogP contribution is -2.14. The van der Waals surface area contributed by atoms with E-state index in [9.17, 15) is 14.9 Å². The van der Waals surface area contributed by atoms with Crippen molar-refractivity contribution in [1.29, 1.82) is 0 Å². The van der Waals surface area contributed by atoms with Crippen molar-refractivity contribution >= 4 is 40.6 Å². The number of benzene rings is 1. The van der Waals surface area contributed by atoms with Gasteiger partial charge in [-0.3, -0.25) is 14.9 Å². The molecule has 138 valence electrons. The van der Waals surface area contributed by atoms with Gasteiger partial charge in [-0.15, -0.1) is 10.2 Å². The van der Waals surface area contributed by atoms with Crippen molar-refractivity contribution in [3.05, 3.63) is 39.2 Å². The van der Waals surface area contributed by atoms with E-state index < -0.39 is 4.92 Å². The molecule has 1 N–H and O–H groups in total. The van der Waals surface area contributed by atoms with Gasteiger partial charge in [0.2, 0.25) is 11.8 Å². The molecule has 1 saturated carbocycles. The van der Waals surface area contributed by atoms with Gasteiger partial charge in [0.05, 0.1) is 21.4 Å². The molecule has 8 nitrogen and oxygen atoms in total. The highest BCUT2D eigenvalue weighted by Crippen LogP contribution is 2.33. The normalized spacial score (nSPS) is 15.0. The highest BCUT2D eigenvalue weighted by molar-refractivity contribution is 7.99. The van der Waals surface area contributed by atoms with Gasteiger partial charge in [-0.2, -0.15) is 0 Å². The van der Waals surface area contributed by atoms with Crippen LogP contribution in [-0.2, 0) is 4.79 Å². The molecule has 0 atom stereocenters. The molecule has 1 aromatic heterocycles. The molecular formula is C16H17ClN4O4S. The summed E-state index contributed by atoms with van der Waals surface area (Å²) in [5, 5.41) is 21.8. The Morgan fingerprint density at radius 3 is 2.81 bits per heavy atom. The minimum Gasteiger partial charge on any atom is -0.416 e. The minimum absolute atomic E-state index is 0.0691. The number of amides is 1. The number of carbonyl (C=O) groups excluding carboxylic acids is 1. The number of anilines is 1. The summed E-state index contributed by atoms with van der Waals surface area (Å²) < 4.78 is 5.65. The van der Waals surface area contributed by atoms with Crippen molar-refractivity contribution in [2.45, 2.75) is 43.2 Å². The van der Waals surface area contributed by atoms with Crippen molar-refractivity contribution < 1.29 is 14.1 Å². The zero-order valence-electron chi connectivity index (χ0n) is 13.8. The van der Waals surface area contributed by atoms with E-state index in [-0.39, 0.29) is 22.4 Å². The van der Waals surface area contributed by atoms with Crippen LogP contribution in [0, 0.1) is 10.1 Å². The molecule has 0 spiro atoms. The quantitative estimate of drug-likeness (QED) is 0.437. The lowest BCUT2D eigenvalue weighted by Gasteiger charge is -2.17. The number of thioether (sulfide) groups is 1. The third kappa shape index (κ3) is 4.73. The van der Waals surface area contributed by atoms with E-state index in [4.69, 9.17) is 16.0 Å². The van der Waals surface area contributed by atoms with E-state index in [0.29, 0.717) is 22.7 Å². The number of nitro benzene ring substituents is 1. The number of hydrogen-bond donors (Lipinski definition) is 1. The van der Waals surface area contributed by atoms with E-state index >= 15 is 0 Å². The van der Waals surface area contributed by atoms with Crippen LogP contribution in [0.1, 0.15) is 43.9 Å². The number of rotatable bonds is 6. The molecule has 1 heterocycles. The Morgan fingerprint density at radius 1 is 1.35 bits per heavy atom. The smallest absolute Gasteiger partial charge is 0.277 e. The second-order valence-electron chi connectivity index (χ2n) is 6.00. The van der Waals surface area contributed by atoms with Crippen LogP contribution in [0.2, 0.25) is 5.02 Å². The van der Waals surface area contributed by atoms with Crippen molar-refractivity contribution in [2.75, 3.05) is 11.1 Å². The maximum atomic E-state index is 12.1. The Kier molecular flexibility index (Phi) is 6.10. The number of nitrogens with one attached hydrogen (secondary N) is 1. The highest BCUT2D eigenvalue weighted by Gasteiger charge is 2.21. The van der Waals surface area contributed by atoms with E-state index in [2.05, 4.69) is 15.5 Å². The maximum absolute atomic E-state index is 12.1. The standard InChI is InChI=1S/C16H17ClN4O4S/c17-12-8-11(21(23)24)6-7-13(12)18-14(22)9-26-16-20-19-15(25-16)10-4-2-1-3-5-10/h6-8,10H,1-5,9H2,(H,18,22). The summed E-state index contributed by atoms with van der Waals surface area (Å²) in [5.41, 5.74) is 0.180. The molecule has 26 heavy (non-hydrogen) atoms. The van der Waals surface area contributed by atoms with Gasteiger partial charge in [0, 0.05) is 18.1 Å². The molecule has 0 aliphatic heterocycles. The highest BCUT2D eigenvalue weighted by atomic mass is 35.5. The summed E-state index contributed by atoms with van der Waals surface area (Å²) in [6.07, 6.45) is 5.72. The summed E-state index contributed by atoms with van der Waals surface area (Å²) in [6, 6.07) is 3.87. The molecule has 10 heteroatoms. The Morgan fingerprint density at radius 2 is 2.12 bits per heavy atom. The number of non-ortho nitro benzene ring substituents is 1. The van der Waals surface area contributed by atoms with Gasteiger partial charge in [0.25, 0.3) is 10.9 Å². The first-order chi connectivity index (χ1) is 12.5. The van der Waals surface area contributed by atoms with Gasteiger partial charge in [0.15, 0.2) is 0 Å². The first-order valence-electron chi connectivity index (χ1n) is 8.23. The number of hydrogen-bond acceptors (Lipinski definition) is 7. The predicted molar refractivity (Wildman–Crippen MR) is 97.6 cm³/mol. The zero-order valence-corrected chi connectivity index (χ0v) is 15.4. The SMILES string of the molecule is O=C(CSc1nnc(C2CCCCC2)o1)Nc1ccc([N+](=O)[O-])cc1Cl. The van der Waals surface area contributed by atoms with Gasteiger partial charge in [-0.25, -0.2) is 0 Å². The van der Waals surface area contributed by atoms with Gasteiger partial charge < -0.3 is 9.73 Å². The van der Waals surface area contributed by atoms with Crippen molar-refractivity contribution in [2.24, 2.45) is 0 Å². The summed E-state index contributed by atoms with van der Waals surface area (Å²) in [7, 11) is 0. The molecule has 1 amide bonds. The first kappa shape index (κ1) is 18.7. The molecule has 1 aromatic carbocycles. The van der Waals surface area contributed by atoms with Crippen LogP contribution < -0.4 is 5.32 Å². The topological polar surface area (TPSA) is 111 Å². The number of aromatic nitrogens is 2. The Labute approximate surface area is 158 Å². The van der Waals surface area contributed by atoms with Gasteiger partial charge >= 0.3 is 0 Å². The van der Waals surface area contributed by atoms with Crippen LogP contribution in [0.3, 0.4) is 0 Å². The van der Waals surface area contributed by atoms with Crippen LogP contribution in [0.15, 0.2) is 27.8 Å². The van der Waals surface area contributed by atoms with Crippen molar-refractivity contribution in [3.63, 3.8) is 0 Å². The lowest BCUT2D eigenvalue weighted by atomic mass is 9.89. The van der Waals surface area contributed by atoms with E-state index in [1.165, 1.54) is 37.5 Å². The largest absolute Gasteiger partial charge is 0.416 e. The molecule has 1 fully saturated rings. The molecule has 1 aliphatic rings. The van der Waals surface area contributed by atoms with Crippen molar-refractivity contribution in [3.8, 4) is 0 Å². The first-order valence-corrected chi connectivity index (χ1v) is 9.59. The number of halogens is 1. The van der Waals surface area contributed by atoms with Gasteiger partial charge in [-0.1, -0.05) is 42.6 Å². The minimum atomic E-state index is -0.549. The maximum Gasteiger partial charge on any atom is 0.277 e. The number of carbonyl (C=O) groups is 1. The second kappa shape index (κ2) is 8.50. The van der Waals surface area contributed by atoms with Gasteiger partial charge in [-0.05, 0) is 18.9 Å². The fraction of sp³-hybridized carbons (Fsp3) is 0.438. The van der Waals surface area contributed by atoms with Crippen LogP contribution in [0.4, 0.5) is 11.4 Å². The molecule has 1 aliphatic carbocycles. The average molecular weight is 397 g/mol. The Hall–Kier alpha value is -2.13. The summed E-state index contributed by atoms with van der Waals surface area (Å²) in [5.74, 6) is 0.715. The van der Waals surface area contributed by atoms with Crippen LogP contribution in [0.5, 0.6) is 0 Å². The van der Waals surface area contributed by atoms with E-state index in [1.54, 1.807) is 0 Å². The molecule has 0 unspecified atom stereocenters. The monoisotopic (exact) mass is 396 g/mol. The van der Waals surface area contributed by atoms with E-state index in [0.717, 1.165) is 24.6 Å². The third-order valence-corrected chi connectivity index (χ3v) is 5.27. The number of nitrogens with zero attached hydrogens (tertiary/aromatic N) is 3. The second-order valence-corrected chi connectivity index (χ2v) is 7.33. The summed E-state index contributed by atoms with van der Waals surface area (Å²) >= 11 is 7.10. The predicted octanol–water partition coefficient (Wildman–Crippen LogP) is 4.41. The van der Waals surface area contributed by atoms with Crippen LogP contribution >= 0.6 is 23.4 Å². The zero-order chi connectivity index (χ0) is 18.5. The molecule has 2 aromatic rings. The fourth-order valence-corrected chi connectivity index (χ4v) is 3.62. The molecule has 3 rings (SSSR count). The average Bonchev–Trinajstić information content (AvgIpc) is 3.11. The Bertz CT molecular complexity index is 807. The van der Waals surface area contributed by atoms with Crippen molar-refractivity contribution in [1.82, 2.24) is 10.2 Å². The van der Waals surface area contributed by atoms with Crippen LogP contribution in [0.25, 0.3) is 0 Å². The van der Waals surface area contributed by atoms with Gasteiger partial charge in [0.1, 0.15) is 0 Å². The molecule has 0 radical (unpaired) electrons. The summed E-state index contributed by atoms with van der Waals surface area (Å²) in [4.78, 5) is 22.2. The lowest BCUT2D eigenvalue weighted by molar-refractivity contribution is -0.384.